The number of fused-ring (bicyclic) bond motifs is 1. The molecule has 27 heavy (non-hydrogen) atoms. The second kappa shape index (κ2) is 7.66. The highest BCUT2D eigenvalue weighted by Gasteiger charge is 2.26. The minimum Gasteiger partial charge on any atom is -0.489 e. The predicted octanol–water partition coefficient (Wildman–Crippen LogP) is 3.53. The van der Waals surface area contributed by atoms with Gasteiger partial charge < -0.3 is 14.7 Å². The predicted molar refractivity (Wildman–Crippen MR) is 105 cm³/mol. The molecule has 0 radical (unpaired) electrons. The molecule has 0 bridgehead atoms. The number of benzene rings is 1. The Bertz CT molecular complexity index is 966. The van der Waals surface area contributed by atoms with Gasteiger partial charge in [0, 0.05) is 29.8 Å². The minimum absolute atomic E-state index is 0.117. The van der Waals surface area contributed by atoms with Crippen LogP contribution in [0.15, 0.2) is 36.5 Å². The van der Waals surface area contributed by atoms with Gasteiger partial charge in [-0.1, -0.05) is 17.7 Å². The van der Waals surface area contributed by atoms with E-state index < -0.39 is 0 Å². The van der Waals surface area contributed by atoms with E-state index in [1.54, 1.807) is 6.20 Å². The molecule has 1 aliphatic heterocycles. The third-order valence-electron chi connectivity index (χ3n) is 4.85. The van der Waals surface area contributed by atoms with E-state index in [1.165, 1.54) is 0 Å². The molecule has 1 saturated heterocycles. The standard InChI is InChI=1S/C20H21ClN4O2/c1-13-23-18-10-16(27-12-14-4-2-8-22-19(14)21)6-7-17(18)20(24-13)25-9-3-5-15(25)11-26/h2,4,6-8,10,15,26H,3,5,9,11-12H2,1H3/t15-/m0/s1. The number of ether oxygens (including phenoxy) is 1. The molecule has 1 aliphatic rings. The second-order valence-electron chi connectivity index (χ2n) is 6.69. The molecule has 7 heteroatoms. The molecule has 6 nitrogen and oxygen atoms in total. The Hall–Kier alpha value is -2.44. The van der Waals surface area contributed by atoms with Crippen LogP contribution in [-0.2, 0) is 6.61 Å². The van der Waals surface area contributed by atoms with Crippen LogP contribution < -0.4 is 9.64 Å². The summed E-state index contributed by atoms with van der Waals surface area (Å²) in [7, 11) is 0. The number of aromatic nitrogens is 3. The maximum Gasteiger partial charge on any atom is 0.140 e. The lowest BCUT2D eigenvalue weighted by atomic mass is 10.2. The Morgan fingerprint density at radius 2 is 2.19 bits per heavy atom. The van der Waals surface area contributed by atoms with Crippen LogP contribution in [-0.4, -0.2) is 39.3 Å². The van der Waals surface area contributed by atoms with Crippen molar-refractivity contribution in [2.75, 3.05) is 18.1 Å². The average Bonchev–Trinajstić information content (AvgIpc) is 3.15. The van der Waals surface area contributed by atoms with E-state index in [2.05, 4.69) is 19.9 Å². The summed E-state index contributed by atoms with van der Waals surface area (Å²) >= 11 is 6.09. The minimum atomic E-state index is 0.117. The molecule has 1 atom stereocenters. The van der Waals surface area contributed by atoms with E-state index in [4.69, 9.17) is 16.3 Å². The molecule has 0 aliphatic carbocycles. The first-order valence-electron chi connectivity index (χ1n) is 9.04. The highest BCUT2D eigenvalue weighted by molar-refractivity contribution is 6.30. The number of hydrogen-bond acceptors (Lipinski definition) is 6. The monoisotopic (exact) mass is 384 g/mol. The lowest BCUT2D eigenvalue weighted by molar-refractivity contribution is 0.266. The van der Waals surface area contributed by atoms with Crippen LogP contribution in [0.5, 0.6) is 5.75 Å². The number of pyridine rings is 1. The first-order chi connectivity index (χ1) is 13.2. The molecule has 0 amide bonds. The van der Waals surface area contributed by atoms with Gasteiger partial charge in [0.1, 0.15) is 29.2 Å². The van der Waals surface area contributed by atoms with E-state index >= 15 is 0 Å². The summed E-state index contributed by atoms with van der Waals surface area (Å²) < 4.78 is 5.89. The molecule has 1 fully saturated rings. The average molecular weight is 385 g/mol. The number of halogens is 1. The quantitative estimate of drug-likeness (QED) is 0.678. The van der Waals surface area contributed by atoms with Gasteiger partial charge in [0.2, 0.25) is 0 Å². The zero-order valence-corrected chi connectivity index (χ0v) is 15.9. The molecule has 0 unspecified atom stereocenters. The number of hydrogen-bond donors (Lipinski definition) is 1. The van der Waals surface area contributed by atoms with Crippen molar-refractivity contribution in [3.05, 3.63) is 53.1 Å². The Morgan fingerprint density at radius 1 is 1.30 bits per heavy atom. The van der Waals surface area contributed by atoms with Gasteiger partial charge in [-0.05, 0) is 38.0 Å². The number of aliphatic hydroxyl groups excluding tert-OH is 1. The molecule has 1 aromatic carbocycles. The van der Waals surface area contributed by atoms with Gasteiger partial charge in [-0.3, -0.25) is 0 Å². The van der Waals surface area contributed by atoms with E-state index in [0.717, 1.165) is 41.7 Å². The Labute approximate surface area is 162 Å². The molecule has 4 rings (SSSR count). The lowest BCUT2D eigenvalue weighted by Gasteiger charge is -2.25. The summed E-state index contributed by atoms with van der Waals surface area (Å²) in [5, 5.41) is 11.1. The number of aryl methyl sites for hydroxylation is 1. The van der Waals surface area contributed by atoms with Gasteiger partial charge in [0.05, 0.1) is 18.2 Å². The molecule has 0 spiro atoms. The molecular formula is C20H21ClN4O2. The van der Waals surface area contributed by atoms with Crippen LogP contribution in [0.2, 0.25) is 5.15 Å². The van der Waals surface area contributed by atoms with Gasteiger partial charge >= 0.3 is 0 Å². The molecule has 3 aromatic rings. The van der Waals surface area contributed by atoms with Gasteiger partial charge in [-0.15, -0.1) is 0 Å². The number of rotatable bonds is 5. The summed E-state index contributed by atoms with van der Waals surface area (Å²) in [6.07, 6.45) is 3.69. The number of aliphatic hydroxyl groups is 1. The molecule has 3 heterocycles. The fraction of sp³-hybridized carbons (Fsp3) is 0.350. The highest BCUT2D eigenvalue weighted by atomic mass is 35.5. The topological polar surface area (TPSA) is 71.4 Å². The van der Waals surface area contributed by atoms with Gasteiger partial charge in [0.15, 0.2) is 0 Å². The number of nitrogens with zero attached hydrogens (tertiary/aromatic N) is 4. The highest BCUT2D eigenvalue weighted by Crippen LogP contribution is 2.32. The molecule has 1 N–H and O–H groups in total. The van der Waals surface area contributed by atoms with Crippen LogP contribution >= 0.6 is 11.6 Å². The smallest absolute Gasteiger partial charge is 0.140 e. The van der Waals surface area contributed by atoms with Crippen molar-refractivity contribution in [3.63, 3.8) is 0 Å². The van der Waals surface area contributed by atoms with Gasteiger partial charge in [-0.25, -0.2) is 15.0 Å². The van der Waals surface area contributed by atoms with Crippen LogP contribution in [0.4, 0.5) is 5.82 Å². The van der Waals surface area contributed by atoms with Crippen LogP contribution in [0.25, 0.3) is 10.9 Å². The molecule has 2 aromatic heterocycles. The van der Waals surface area contributed by atoms with E-state index in [1.807, 2.05) is 37.3 Å². The zero-order valence-electron chi connectivity index (χ0n) is 15.1. The molecule has 0 saturated carbocycles. The van der Waals surface area contributed by atoms with Gasteiger partial charge in [-0.2, -0.15) is 0 Å². The van der Waals surface area contributed by atoms with Crippen molar-refractivity contribution in [3.8, 4) is 5.75 Å². The van der Waals surface area contributed by atoms with Crippen molar-refractivity contribution in [1.82, 2.24) is 15.0 Å². The third-order valence-corrected chi connectivity index (χ3v) is 5.19. The Kier molecular flexibility index (Phi) is 5.09. The van der Waals surface area contributed by atoms with Gasteiger partial charge in [0.25, 0.3) is 0 Å². The van der Waals surface area contributed by atoms with Crippen molar-refractivity contribution in [2.45, 2.75) is 32.4 Å². The molecular weight excluding hydrogens is 364 g/mol. The fourth-order valence-electron chi connectivity index (χ4n) is 3.51. The Morgan fingerprint density at radius 3 is 3.00 bits per heavy atom. The fourth-order valence-corrected chi connectivity index (χ4v) is 3.68. The van der Waals surface area contributed by atoms with E-state index in [-0.39, 0.29) is 12.6 Å². The third kappa shape index (κ3) is 3.68. The Balaban J connectivity index is 1.64. The van der Waals surface area contributed by atoms with Crippen LogP contribution in [0.1, 0.15) is 24.2 Å². The van der Waals surface area contributed by atoms with Crippen molar-refractivity contribution < 1.29 is 9.84 Å². The van der Waals surface area contributed by atoms with Crippen molar-refractivity contribution >= 4 is 28.3 Å². The van der Waals surface area contributed by atoms with Crippen molar-refractivity contribution in [2.24, 2.45) is 0 Å². The number of anilines is 1. The maximum atomic E-state index is 9.66. The van der Waals surface area contributed by atoms with E-state index in [9.17, 15) is 5.11 Å². The van der Waals surface area contributed by atoms with Crippen LogP contribution in [0, 0.1) is 6.92 Å². The summed E-state index contributed by atoms with van der Waals surface area (Å²) in [5.74, 6) is 2.30. The van der Waals surface area contributed by atoms with Crippen molar-refractivity contribution in [1.29, 1.82) is 0 Å². The summed E-state index contributed by atoms with van der Waals surface area (Å²) in [5.41, 5.74) is 1.66. The summed E-state index contributed by atoms with van der Waals surface area (Å²) in [6.45, 7) is 3.26. The summed E-state index contributed by atoms with van der Waals surface area (Å²) in [6, 6.07) is 9.66. The SMILES string of the molecule is Cc1nc(N2CCC[C@H]2CO)c2ccc(OCc3cccnc3Cl)cc2n1. The largest absolute Gasteiger partial charge is 0.489 e. The normalized spacial score (nSPS) is 16.9. The first-order valence-corrected chi connectivity index (χ1v) is 9.41. The van der Waals surface area contributed by atoms with Crippen LogP contribution in [0.3, 0.4) is 0 Å². The first kappa shape index (κ1) is 17.9. The van der Waals surface area contributed by atoms with E-state index in [0.29, 0.717) is 23.3 Å². The maximum absolute atomic E-state index is 9.66. The second-order valence-corrected chi connectivity index (χ2v) is 7.05. The zero-order chi connectivity index (χ0) is 18.8. The molecule has 140 valence electrons. The lowest BCUT2D eigenvalue weighted by Crippen LogP contribution is -2.33. The summed E-state index contributed by atoms with van der Waals surface area (Å²) in [4.78, 5) is 15.5.